The molecular formula is C20H23FN2O. The van der Waals surface area contributed by atoms with Crippen molar-refractivity contribution in [1.82, 2.24) is 0 Å². The molecule has 0 atom stereocenters. The van der Waals surface area contributed by atoms with E-state index in [-0.39, 0.29) is 17.6 Å². The summed E-state index contributed by atoms with van der Waals surface area (Å²) >= 11 is 0. The second-order valence-electron chi connectivity index (χ2n) is 6.50. The second kappa shape index (κ2) is 7.04. The Kier molecular flexibility index (Phi) is 4.84. The van der Waals surface area contributed by atoms with Crippen LogP contribution in [0.1, 0.15) is 24.0 Å². The van der Waals surface area contributed by atoms with Crippen LogP contribution in [0.3, 0.4) is 0 Å². The van der Waals surface area contributed by atoms with Crippen molar-refractivity contribution in [1.29, 1.82) is 0 Å². The number of piperidine rings is 1. The Bertz CT molecular complexity index is 736. The Morgan fingerprint density at radius 1 is 1.08 bits per heavy atom. The number of nitrogens with one attached hydrogen (secondary N) is 1. The third-order valence-electron chi connectivity index (χ3n) is 4.83. The first kappa shape index (κ1) is 16.5. The number of anilines is 2. The molecule has 0 aliphatic carbocycles. The van der Waals surface area contributed by atoms with Crippen molar-refractivity contribution in [2.45, 2.75) is 26.7 Å². The molecule has 1 N–H and O–H groups in total. The lowest BCUT2D eigenvalue weighted by atomic mass is 9.95. The van der Waals surface area contributed by atoms with Crippen molar-refractivity contribution < 1.29 is 9.18 Å². The van der Waals surface area contributed by atoms with Crippen LogP contribution in [0, 0.1) is 25.6 Å². The Morgan fingerprint density at radius 3 is 2.46 bits per heavy atom. The number of amides is 1. The largest absolute Gasteiger partial charge is 0.369 e. The summed E-state index contributed by atoms with van der Waals surface area (Å²) in [7, 11) is 0. The summed E-state index contributed by atoms with van der Waals surface area (Å²) in [6, 6.07) is 12.8. The van der Waals surface area contributed by atoms with Crippen molar-refractivity contribution >= 4 is 17.3 Å². The Morgan fingerprint density at radius 2 is 1.79 bits per heavy atom. The van der Waals surface area contributed by atoms with Crippen molar-refractivity contribution in [2.24, 2.45) is 5.92 Å². The summed E-state index contributed by atoms with van der Waals surface area (Å²) < 4.78 is 13.9. The van der Waals surface area contributed by atoms with Gasteiger partial charge in [0.2, 0.25) is 5.91 Å². The van der Waals surface area contributed by atoms with E-state index in [1.165, 1.54) is 17.2 Å². The average Bonchev–Trinajstić information content (AvgIpc) is 2.59. The first-order valence-electron chi connectivity index (χ1n) is 8.42. The van der Waals surface area contributed by atoms with Crippen molar-refractivity contribution in [3.05, 3.63) is 59.4 Å². The minimum atomic E-state index is -0.199. The minimum Gasteiger partial charge on any atom is -0.369 e. The lowest BCUT2D eigenvalue weighted by Gasteiger charge is -2.33. The zero-order valence-electron chi connectivity index (χ0n) is 14.2. The second-order valence-corrected chi connectivity index (χ2v) is 6.50. The maximum atomic E-state index is 13.9. The van der Waals surface area contributed by atoms with Gasteiger partial charge in [0.15, 0.2) is 0 Å². The van der Waals surface area contributed by atoms with Crippen molar-refractivity contribution in [3.8, 4) is 0 Å². The van der Waals surface area contributed by atoms with E-state index in [9.17, 15) is 9.18 Å². The molecule has 3 rings (SSSR count). The van der Waals surface area contributed by atoms with Gasteiger partial charge in [-0.3, -0.25) is 4.79 Å². The smallest absolute Gasteiger partial charge is 0.227 e. The first-order valence-corrected chi connectivity index (χ1v) is 8.42. The monoisotopic (exact) mass is 326 g/mol. The number of carbonyl (C=O) groups is 1. The maximum absolute atomic E-state index is 13.9. The molecule has 1 heterocycles. The van der Waals surface area contributed by atoms with Gasteiger partial charge in [0.1, 0.15) is 5.82 Å². The molecule has 1 fully saturated rings. The lowest BCUT2D eigenvalue weighted by Crippen LogP contribution is -2.38. The molecule has 0 saturated carbocycles. The zero-order valence-corrected chi connectivity index (χ0v) is 14.2. The van der Waals surface area contributed by atoms with Crippen LogP contribution in [0.5, 0.6) is 0 Å². The Labute approximate surface area is 142 Å². The fourth-order valence-electron chi connectivity index (χ4n) is 3.15. The van der Waals surface area contributed by atoms with Gasteiger partial charge in [-0.2, -0.15) is 0 Å². The molecule has 0 radical (unpaired) electrons. The van der Waals surface area contributed by atoms with Crippen LogP contribution in [0.25, 0.3) is 0 Å². The van der Waals surface area contributed by atoms with Gasteiger partial charge in [-0.25, -0.2) is 4.39 Å². The minimum absolute atomic E-state index is 0.0189. The van der Waals surface area contributed by atoms with Crippen LogP contribution in [0.4, 0.5) is 15.8 Å². The molecule has 24 heavy (non-hydrogen) atoms. The summed E-state index contributed by atoms with van der Waals surface area (Å²) in [5.74, 6) is -0.156. The molecule has 0 aromatic heterocycles. The predicted molar refractivity (Wildman–Crippen MR) is 95.9 cm³/mol. The highest BCUT2D eigenvalue weighted by molar-refractivity contribution is 5.92. The zero-order chi connectivity index (χ0) is 17.1. The summed E-state index contributed by atoms with van der Waals surface area (Å²) in [5, 5.41) is 3.01. The number of carbonyl (C=O) groups excluding carboxylic acids is 1. The molecule has 0 spiro atoms. The molecule has 2 aromatic rings. The molecule has 1 saturated heterocycles. The molecule has 126 valence electrons. The number of para-hydroxylation sites is 1. The number of nitrogens with zero attached hydrogens (tertiary/aromatic N) is 1. The van der Waals surface area contributed by atoms with E-state index in [4.69, 9.17) is 0 Å². The molecule has 2 aromatic carbocycles. The van der Waals surface area contributed by atoms with Gasteiger partial charge in [0.25, 0.3) is 0 Å². The predicted octanol–water partition coefficient (Wildman–Crippen LogP) is 4.30. The number of hydrogen-bond acceptors (Lipinski definition) is 2. The van der Waals surface area contributed by atoms with Crippen molar-refractivity contribution in [3.63, 3.8) is 0 Å². The third-order valence-corrected chi connectivity index (χ3v) is 4.83. The van der Waals surface area contributed by atoms with E-state index in [0.717, 1.165) is 18.5 Å². The summed E-state index contributed by atoms with van der Waals surface area (Å²) in [4.78, 5) is 14.5. The normalized spacial score (nSPS) is 15.4. The van der Waals surface area contributed by atoms with Crippen LogP contribution in [0.2, 0.25) is 0 Å². The lowest BCUT2D eigenvalue weighted by molar-refractivity contribution is -0.120. The van der Waals surface area contributed by atoms with E-state index in [2.05, 4.69) is 12.2 Å². The van der Waals surface area contributed by atoms with Crippen LogP contribution < -0.4 is 10.2 Å². The van der Waals surface area contributed by atoms with E-state index in [1.807, 2.05) is 36.1 Å². The first-order chi connectivity index (χ1) is 11.5. The van der Waals surface area contributed by atoms with E-state index >= 15 is 0 Å². The summed E-state index contributed by atoms with van der Waals surface area (Å²) in [6.07, 6.45) is 1.48. The van der Waals surface area contributed by atoms with Gasteiger partial charge in [-0.15, -0.1) is 0 Å². The standard InChI is InChI=1S/C20H23FN2O/c1-14-7-8-17(13-15(14)2)22-20(24)16-9-11-23(12-10-16)19-6-4-3-5-18(19)21/h3-8,13,16H,9-12H2,1-2H3,(H,22,24). The Balaban J connectivity index is 1.59. The highest BCUT2D eigenvalue weighted by Crippen LogP contribution is 2.26. The van der Waals surface area contributed by atoms with Crippen molar-refractivity contribution in [2.75, 3.05) is 23.3 Å². The fourth-order valence-corrected chi connectivity index (χ4v) is 3.15. The Hall–Kier alpha value is -2.36. The molecule has 0 unspecified atom stereocenters. The summed E-state index contributed by atoms with van der Waals surface area (Å²) in [6.45, 7) is 5.50. The van der Waals surface area contributed by atoms with Gasteiger partial charge in [-0.1, -0.05) is 18.2 Å². The quantitative estimate of drug-likeness (QED) is 0.912. The number of rotatable bonds is 3. The fraction of sp³-hybridized carbons (Fsp3) is 0.350. The third kappa shape index (κ3) is 3.58. The van der Waals surface area contributed by atoms with Gasteiger partial charge in [0.05, 0.1) is 5.69 Å². The van der Waals surface area contributed by atoms with Gasteiger partial charge in [-0.05, 0) is 62.1 Å². The topological polar surface area (TPSA) is 32.3 Å². The number of halogens is 1. The van der Waals surface area contributed by atoms with Crippen LogP contribution >= 0.6 is 0 Å². The van der Waals surface area contributed by atoms with E-state index < -0.39 is 0 Å². The maximum Gasteiger partial charge on any atom is 0.227 e. The molecule has 4 heteroatoms. The highest BCUT2D eigenvalue weighted by Gasteiger charge is 2.26. The molecule has 1 amide bonds. The van der Waals surface area contributed by atoms with Gasteiger partial charge in [0, 0.05) is 24.7 Å². The van der Waals surface area contributed by atoms with E-state index in [1.54, 1.807) is 12.1 Å². The molecule has 1 aliphatic rings. The molecule has 1 aliphatic heterocycles. The van der Waals surface area contributed by atoms with Crippen LogP contribution in [-0.2, 0) is 4.79 Å². The number of benzene rings is 2. The number of hydrogen-bond donors (Lipinski definition) is 1. The van der Waals surface area contributed by atoms with Gasteiger partial charge >= 0.3 is 0 Å². The van der Waals surface area contributed by atoms with Gasteiger partial charge < -0.3 is 10.2 Å². The van der Waals surface area contributed by atoms with Crippen LogP contribution in [-0.4, -0.2) is 19.0 Å². The SMILES string of the molecule is Cc1ccc(NC(=O)C2CCN(c3ccccc3F)CC2)cc1C. The molecular weight excluding hydrogens is 303 g/mol. The molecule has 3 nitrogen and oxygen atoms in total. The van der Waals surface area contributed by atoms with E-state index in [0.29, 0.717) is 18.8 Å². The van der Waals surface area contributed by atoms with Crippen LogP contribution in [0.15, 0.2) is 42.5 Å². The summed E-state index contributed by atoms with van der Waals surface area (Å²) in [5.41, 5.74) is 3.86. The molecule has 0 bridgehead atoms. The average molecular weight is 326 g/mol. The number of aryl methyl sites for hydroxylation is 2. The highest BCUT2D eigenvalue weighted by atomic mass is 19.1.